The topological polar surface area (TPSA) is 53.7 Å². The van der Waals surface area contributed by atoms with Crippen molar-refractivity contribution in [2.45, 2.75) is 34.0 Å². The molecule has 0 atom stereocenters. The van der Waals surface area contributed by atoms with Crippen LogP contribution in [0.2, 0.25) is 0 Å². The molecule has 1 fully saturated rings. The zero-order valence-corrected chi connectivity index (χ0v) is 18.0. The highest BCUT2D eigenvalue weighted by molar-refractivity contribution is 7.71. The highest BCUT2D eigenvalue weighted by Gasteiger charge is 2.20. The minimum atomic E-state index is 0.311. The van der Waals surface area contributed by atoms with Gasteiger partial charge in [-0.3, -0.25) is 9.80 Å². The number of benzene rings is 1. The summed E-state index contributed by atoms with van der Waals surface area (Å²) in [5.74, 6) is 1.67. The van der Waals surface area contributed by atoms with Crippen molar-refractivity contribution in [3.8, 4) is 17.6 Å². The van der Waals surface area contributed by atoms with Crippen LogP contribution in [0.1, 0.15) is 27.9 Å². The van der Waals surface area contributed by atoms with Crippen LogP contribution in [0.3, 0.4) is 0 Å². The highest BCUT2D eigenvalue weighted by atomic mass is 32.1. The largest absolute Gasteiger partial charge is 0.454 e. The first-order valence-electron chi connectivity index (χ1n) is 9.92. The maximum atomic E-state index is 9.51. The van der Waals surface area contributed by atoms with E-state index in [1.54, 1.807) is 0 Å². The van der Waals surface area contributed by atoms with Crippen LogP contribution in [-0.2, 0) is 13.2 Å². The van der Waals surface area contributed by atoms with Gasteiger partial charge >= 0.3 is 0 Å². The quantitative estimate of drug-likeness (QED) is 0.719. The Balaban J connectivity index is 1.40. The maximum Gasteiger partial charge on any atom is 0.231 e. The van der Waals surface area contributed by atoms with Gasteiger partial charge in [-0.2, -0.15) is 5.26 Å². The first-order valence-corrected chi connectivity index (χ1v) is 10.3. The van der Waals surface area contributed by atoms with Gasteiger partial charge in [0.25, 0.3) is 0 Å². The molecule has 0 amide bonds. The Morgan fingerprint density at radius 3 is 2.41 bits per heavy atom. The molecule has 1 aromatic heterocycles. The Kier molecular flexibility index (Phi) is 5.59. The van der Waals surface area contributed by atoms with E-state index in [9.17, 15) is 5.26 Å². The third-order valence-corrected chi connectivity index (χ3v) is 6.53. The Hall–Kier alpha value is -2.40. The summed E-state index contributed by atoms with van der Waals surface area (Å²) in [6, 6.07) is 8.47. The lowest BCUT2D eigenvalue weighted by Crippen LogP contribution is -2.46. The molecule has 0 unspecified atom stereocenters. The minimum Gasteiger partial charge on any atom is -0.454 e. The zero-order chi connectivity index (χ0) is 20.5. The van der Waals surface area contributed by atoms with Gasteiger partial charge < -0.3 is 14.0 Å². The number of hydrogen-bond acceptors (Lipinski definition) is 6. The number of aromatic nitrogens is 1. The van der Waals surface area contributed by atoms with Gasteiger partial charge in [-0.15, -0.1) is 0 Å². The predicted octanol–water partition coefficient (Wildman–Crippen LogP) is 3.52. The van der Waals surface area contributed by atoms with E-state index in [0.29, 0.717) is 17.0 Å². The molecule has 1 aromatic carbocycles. The Labute approximate surface area is 176 Å². The number of nitriles is 1. The molecule has 2 aliphatic heterocycles. The van der Waals surface area contributed by atoms with Gasteiger partial charge in [0.1, 0.15) is 10.7 Å². The van der Waals surface area contributed by atoms with E-state index in [1.165, 1.54) is 5.56 Å². The summed E-state index contributed by atoms with van der Waals surface area (Å²) in [6.45, 7) is 12.0. The molecule has 6 nitrogen and oxygen atoms in total. The number of ether oxygens (including phenoxy) is 2. The number of rotatable bonds is 4. The molecule has 1 saturated heterocycles. The summed E-state index contributed by atoms with van der Waals surface area (Å²) in [6.07, 6.45) is 0. The van der Waals surface area contributed by atoms with Gasteiger partial charge in [0.05, 0.1) is 12.2 Å². The zero-order valence-electron chi connectivity index (χ0n) is 17.2. The van der Waals surface area contributed by atoms with Crippen LogP contribution in [0.5, 0.6) is 11.5 Å². The third kappa shape index (κ3) is 3.88. The van der Waals surface area contributed by atoms with E-state index in [-0.39, 0.29) is 0 Å². The van der Waals surface area contributed by atoms with Gasteiger partial charge in [0.2, 0.25) is 6.79 Å². The molecule has 3 heterocycles. The summed E-state index contributed by atoms with van der Waals surface area (Å²) in [5.41, 5.74) is 5.17. The van der Waals surface area contributed by atoms with Crippen LogP contribution < -0.4 is 9.47 Å². The summed E-state index contributed by atoms with van der Waals surface area (Å²) in [4.78, 5) is 4.87. The third-order valence-electron chi connectivity index (χ3n) is 6.11. The second-order valence-electron chi connectivity index (χ2n) is 7.78. The van der Waals surface area contributed by atoms with E-state index >= 15 is 0 Å². The molecule has 4 rings (SSSR count). The summed E-state index contributed by atoms with van der Waals surface area (Å²) >= 11 is 5.62. The first-order chi connectivity index (χ1) is 14.0. The van der Waals surface area contributed by atoms with Crippen molar-refractivity contribution in [3.63, 3.8) is 0 Å². The first kappa shape index (κ1) is 19.9. The van der Waals surface area contributed by atoms with Gasteiger partial charge in [0, 0.05) is 38.4 Å². The van der Waals surface area contributed by atoms with Gasteiger partial charge in [-0.05, 0) is 49.6 Å². The molecule has 0 bridgehead atoms. The lowest BCUT2D eigenvalue weighted by molar-refractivity contribution is 0.102. The normalized spacial score (nSPS) is 16.8. The fraction of sp³-hybridized carbons (Fsp3) is 0.455. The molecule has 0 spiro atoms. The second-order valence-corrected chi connectivity index (χ2v) is 8.17. The second kappa shape index (κ2) is 8.15. The van der Waals surface area contributed by atoms with Crippen molar-refractivity contribution < 1.29 is 9.47 Å². The van der Waals surface area contributed by atoms with Crippen LogP contribution >= 0.6 is 12.2 Å². The Bertz CT molecular complexity index is 1030. The van der Waals surface area contributed by atoms with E-state index in [2.05, 4.69) is 46.4 Å². The van der Waals surface area contributed by atoms with Crippen LogP contribution in [0.25, 0.3) is 0 Å². The van der Waals surface area contributed by atoms with E-state index in [0.717, 1.165) is 67.7 Å². The fourth-order valence-corrected chi connectivity index (χ4v) is 4.39. The molecule has 0 saturated carbocycles. The Morgan fingerprint density at radius 2 is 1.69 bits per heavy atom. The van der Waals surface area contributed by atoms with Crippen LogP contribution in [0.4, 0.5) is 0 Å². The molecule has 2 aliphatic rings. The van der Waals surface area contributed by atoms with E-state index < -0.39 is 0 Å². The number of fused-ring (bicyclic) bond motifs is 1. The molecule has 0 radical (unpaired) electrons. The molecule has 0 N–H and O–H groups in total. The maximum absolute atomic E-state index is 9.51. The van der Waals surface area contributed by atoms with Gasteiger partial charge in [-0.1, -0.05) is 18.3 Å². The predicted molar refractivity (Wildman–Crippen MR) is 114 cm³/mol. The molecular weight excluding hydrogens is 384 g/mol. The smallest absolute Gasteiger partial charge is 0.231 e. The molecule has 29 heavy (non-hydrogen) atoms. The molecular formula is C22H26N4O2S. The standard InChI is InChI=1S/C22H26N4O2S/c1-15-16(2)19(11-23)22(29)26(17(15)3)13-25-8-6-24(7-9-25)12-18-4-5-20-21(10-18)28-14-27-20/h4-5,10H,6-9,12-14H2,1-3H3. The van der Waals surface area contributed by atoms with Crippen molar-refractivity contribution in [3.05, 3.63) is 50.8 Å². The number of piperazine rings is 1. The number of hydrogen-bond donors (Lipinski definition) is 0. The van der Waals surface area contributed by atoms with Crippen LogP contribution in [-0.4, -0.2) is 47.3 Å². The van der Waals surface area contributed by atoms with Crippen LogP contribution in [0, 0.1) is 36.7 Å². The molecule has 152 valence electrons. The lowest BCUT2D eigenvalue weighted by Gasteiger charge is -2.35. The van der Waals surface area contributed by atoms with E-state index in [4.69, 9.17) is 21.7 Å². The summed E-state index contributed by atoms with van der Waals surface area (Å²) in [5, 5.41) is 9.51. The average molecular weight is 411 g/mol. The SMILES string of the molecule is Cc1c(C)c(C)n(CN2CCN(Cc3ccc4c(c3)OCO4)CC2)c(=S)c1C#N. The fourth-order valence-electron chi connectivity index (χ4n) is 4.00. The van der Waals surface area contributed by atoms with Gasteiger partial charge in [-0.25, -0.2) is 0 Å². The molecule has 0 aliphatic carbocycles. The minimum absolute atomic E-state index is 0.311. The van der Waals surface area contributed by atoms with Crippen molar-refractivity contribution in [2.24, 2.45) is 0 Å². The molecule has 2 aromatic rings. The van der Waals surface area contributed by atoms with E-state index in [1.807, 2.05) is 13.0 Å². The summed E-state index contributed by atoms with van der Waals surface area (Å²) < 4.78 is 13.6. The van der Waals surface area contributed by atoms with Crippen molar-refractivity contribution >= 4 is 12.2 Å². The van der Waals surface area contributed by atoms with Gasteiger partial charge in [0.15, 0.2) is 11.5 Å². The van der Waals surface area contributed by atoms with Crippen LogP contribution in [0.15, 0.2) is 18.2 Å². The highest BCUT2D eigenvalue weighted by Crippen LogP contribution is 2.32. The van der Waals surface area contributed by atoms with Crippen molar-refractivity contribution in [1.29, 1.82) is 5.26 Å². The molecule has 7 heteroatoms. The van der Waals surface area contributed by atoms with Crippen molar-refractivity contribution in [1.82, 2.24) is 14.4 Å². The lowest BCUT2D eigenvalue weighted by atomic mass is 10.0. The van der Waals surface area contributed by atoms with Crippen molar-refractivity contribution in [2.75, 3.05) is 33.0 Å². The Morgan fingerprint density at radius 1 is 1.00 bits per heavy atom. The monoisotopic (exact) mass is 410 g/mol. The average Bonchev–Trinajstić information content (AvgIpc) is 3.19. The number of pyridine rings is 1. The number of nitrogens with zero attached hydrogens (tertiary/aromatic N) is 4. The summed E-state index contributed by atoms with van der Waals surface area (Å²) in [7, 11) is 0.